The third kappa shape index (κ3) is 1.68. The number of rotatable bonds is 2. The summed E-state index contributed by atoms with van der Waals surface area (Å²) in [5, 5.41) is 10.4. The van der Waals surface area contributed by atoms with Crippen LogP contribution in [-0.2, 0) is 0 Å². The van der Waals surface area contributed by atoms with Crippen LogP contribution in [0.3, 0.4) is 0 Å². The van der Waals surface area contributed by atoms with Gasteiger partial charge in [-0.05, 0) is 35.8 Å². The van der Waals surface area contributed by atoms with E-state index in [-0.39, 0.29) is 5.82 Å². The topological polar surface area (TPSA) is 78.9 Å². The van der Waals surface area contributed by atoms with Gasteiger partial charge in [0.1, 0.15) is 5.01 Å². The lowest BCUT2D eigenvalue weighted by Crippen LogP contribution is -1.98. The van der Waals surface area contributed by atoms with E-state index in [4.69, 9.17) is 5.11 Å². The number of H-pyrrole nitrogens is 1. The number of carboxylic acid groups (broad SMARTS) is 1. The predicted molar refractivity (Wildman–Crippen MR) is 64.2 cm³/mol. The number of benzene rings is 1. The summed E-state index contributed by atoms with van der Waals surface area (Å²) in [6.45, 7) is 0. The molecule has 17 heavy (non-hydrogen) atoms. The van der Waals surface area contributed by atoms with Gasteiger partial charge in [0.15, 0.2) is 0 Å². The van der Waals surface area contributed by atoms with E-state index in [1.165, 1.54) is 0 Å². The summed E-state index contributed by atoms with van der Waals surface area (Å²) in [5.74, 6) is -1.26. The molecule has 0 amide bonds. The smallest absolute Gasteiger partial charge is 0.375 e. The molecular formula is C11H7N3O2S. The lowest BCUT2D eigenvalue weighted by molar-refractivity contribution is 0.0685. The Balaban J connectivity index is 2.09. The average Bonchev–Trinajstić information content (AvgIpc) is 2.97. The lowest BCUT2D eigenvalue weighted by Gasteiger charge is -1.95. The molecule has 2 N–H and O–H groups in total. The molecule has 0 saturated carbocycles. The zero-order valence-electron chi connectivity index (χ0n) is 8.54. The van der Waals surface area contributed by atoms with E-state index >= 15 is 0 Å². The summed E-state index contributed by atoms with van der Waals surface area (Å²) in [6.07, 6.45) is 1.86. The highest BCUT2D eigenvalue weighted by Gasteiger charge is 2.12. The SMILES string of the molecule is O=C(O)c1nsc(-c2ccc3[nH]ccc3c2)n1. The van der Waals surface area contributed by atoms with Crippen molar-refractivity contribution in [2.24, 2.45) is 0 Å². The Morgan fingerprint density at radius 1 is 1.35 bits per heavy atom. The zero-order chi connectivity index (χ0) is 11.8. The molecule has 0 aliphatic rings. The first-order valence-corrected chi connectivity index (χ1v) is 5.66. The maximum atomic E-state index is 10.7. The Kier molecular flexibility index (Phi) is 2.15. The molecule has 0 bridgehead atoms. The summed E-state index contributed by atoms with van der Waals surface area (Å²) < 4.78 is 3.78. The Morgan fingerprint density at radius 2 is 2.24 bits per heavy atom. The van der Waals surface area contributed by atoms with Crippen molar-refractivity contribution in [3.63, 3.8) is 0 Å². The number of hydrogen-bond donors (Lipinski definition) is 2. The summed E-state index contributed by atoms with van der Waals surface area (Å²) in [5.41, 5.74) is 1.92. The molecule has 0 atom stereocenters. The number of hydrogen-bond acceptors (Lipinski definition) is 4. The summed E-state index contributed by atoms with van der Waals surface area (Å²) in [7, 11) is 0. The van der Waals surface area contributed by atoms with E-state index in [0.717, 1.165) is 28.0 Å². The molecular weight excluding hydrogens is 238 g/mol. The van der Waals surface area contributed by atoms with Crippen LogP contribution in [0.2, 0.25) is 0 Å². The minimum Gasteiger partial charge on any atom is -0.475 e. The number of aromatic carboxylic acids is 1. The van der Waals surface area contributed by atoms with Crippen LogP contribution >= 0.6 is 11.5 Å². The van der Waals surface area contributed by atoms with Gasteiger partial charge in [-0.2, -0.15) is 4.37 Å². The third-order valence-corrected chi connectivity index (χ3v) is 3.18. The van der Waals surface area contributed by atoms with Crippen LogP contribution in [0.15, 0.2) is 30.5 Å². The normalized spacial score (nSPS) is 10.8. The van der Waals surface area contributed by atoms with E-state index in [1.807, 2.05) is 30.5 Å². The van der Waals surface area contributed by atoms with E-state index in [9.17, 15) is 4.79 Å². The molecule has 3 rings (SSSR count). The quantitative estimate of drug-likeness (QED) is 0.726. The second kappa shape index (κ2) is 3.67. The average molecular weight is 245 g/mol. The molecule has 5 nitrogen and oxygen atoms in total. The van der Waals surface area contributed by atoms with Crippen molar-refractivity contribution >= 4 is 28.4 Å². The molecule has 0 spiro atoms. The van der Waals surface area contributed by atoms with Crippen LogP contribution in [0.5, 0.6) is 0 Å². The van der Waals surface area contributed by atoms with Crippen molar-refractivity contribution in [3.05, 3.63) is 36.3 Å². The summed E-state index contributed by atoms with van der Waals surface area (Å²) in [6, 6.07) is 7.74. The fraction of sp³-hybridized carbons (Fsp3) is 0. The van der Waals surface area contributed by atoms with Crippen LogP contribution in [0, 0.1) is 0 Å². The summed E-state index contributed by atoms with van der Waals surface area (Å²) >= 11 is 1.09. The molecule has 2 heterocycles. The standard InChI is InChI=1S/C11H7N3O2S/c15-11(16)9-13-10(17-14-9)7-1-2-8-6(5-7)3-4-12-8/h1-5,12H,(H,15,16). The fourth-order valence-electron chi connectivity index (χ4n) is 1.61. The predicted octanol–water partition coefficient (Wildman–Crippen LogP) is 2.38. The van der Waals surface area contributed by atoms with E-state index in [0.29, 0.717) is 5.01 Å². The molecule has 0 fully saturated rings. The van der Waals surface area contributed by atoms with Crippen LogP contribution in [0.1, 0.15) is 10.6 Å². The van der Waals surface area contributed by atoms with Gasteiger partial charge < -0.3 is 10.1 Å². The Labute approximate surface area is 99.9 Å². The molecule has 0 unspecified atom stereocenters. The molecule has 2 aromatic heterocycles. The number of aromatic amines is 1. The fourth-order valence-corrected chi connectivity index (χ4v) is 2.27. The van der Waals surface area contributed by atoms with Gasteiger partial charge in [-0.3, -0.25) is 0 Å². The number of carbonyl (C=O) groups is 1. The molecule has 0 saturated heterocycles. The van der Waals surface area contributed by atoms with Gasteiger partial charge in [-0.1, -0.05) is 0 Å². The second-order valence-corrected chi connectivity index (χ2v) is 4.26. The van der Waals surface area contributed by atoms with Crippen LogP contribution in [0.4, 0.5) is 0 Å². The van der Waals surface area contributed by atoms with Crippen molar-refractivity contribution < 1.29 is 9.90 Å². The van der Waals surface area contributed by atoms with Crippen LogP contribution in [0.25, 0.3) is 21.5 Å². The highest BCUT2D eigenvalue weighted by molar-refractivity contribution is 7.09. The maximum absolute atomic E-state index is 10.7. The molecule has 1 aromatic carbocycles. The molecule has 0 aliphatic heterocycles. The first-order valence-electron chi connectivity index (χ1n) is 4.88. The number of nitrogens with one attached hydrogen (secondary N) is 1. The number of aromatic nitrogens is 3. The molecule has 0 aliphatic carbocycles. The monoisotopic (exact) mass is 245 g/mol. The first-order chi connectivity index (χ1) is 8.24. The summed E-state index contributed by atoms with van der Waals surface area (Å²) in [4.78, 5) is 17.8. The third-order valence-electron chi connectivity index (χ3n) is 2.42. The second-order valence-electron chi connectivity index (χ2n) is 3.51. The van der Waals surface area contributed by atoms with E-state index < -0.39 is 5.97 Å². The van der Waals surface area contributed by atoms with Gasteiger partial charge >= 0.3 is 5.97 Å². The van der Waals surface area contributed by atoms with E-state index in [2.05, 4.69) is 14.3 Å². The minimum atomic E-state index is -1.10. The van der Waals surface area contributed by atoms with Crippen molar-refractivity contribution in [1.82, 2.24) is 14.3 Å². The van der Waals surface area contributed by atoms with E-state index in [1.54, 1.807) is 0 Å². The Morgan fingerprint density at radius 3 is 3.00 bits per heavy atom. The van der Waals surface area contributed by atoms with Gasteiger partial charge in [0, 0.05) is 22.7 Å². The van der Waals surface area contributed by atoms with Gasteiger partial charge in [-0.25, -0.2) is 9.78 Å². The van der Waals surface area contributed by atoms with Gasteiger partial charge in [0.2, 0.25) is 0 Å². The van der Waals surface area contributed by atoms with Crippen molar-refractivity contribution in [3.8, 4) is 10.6 Å². The highest BCUT2D eigenvalue weighted by atomic mass is 32.1. The van der Waals surface area contributed by atoms with Crippen LogP contribution < -0.4 is 0 Å². The largest absolute Gasteiger partial charge is 0.475 e. The maximum Gasteiger partial charge on any atom is 0.375 e. The molecule has 6 heteroatoms. The number of fused-ring (bicyclic) bond motifs is 1. The van der Waals surface area contributed by atoms with Crippen molar-refractivity contribution in [1.29, 1.82) is 0 Å². The Hall–Kier alpha value is -2.21. The first kappa shape index (κ1) is 9.98. The minimum absolute atomic E-state index is 0.154. The van der Waals surface area contributed by atoms with Crippen LogP contribution in [-0.4, -0.2) is 25.4 Å². The molecule has 0 radical (unpaired) electrons. The zero-order valence-corrected chi connectivity index (χ0v) is 9.36. The van der Waals surface area contributed by atoms with Gasteiger partial charge in [-0.15, -0.1) is 0 Å². The molecule has 84 valence electrons. The lowest BCUT2D eigenvalue weighted by atomic mass is 10.2. The van der Waals surface area contributed by atoms with Crippen molar-refractivity contribution in [2.75, 3.05) is 0 Å². The van der Waals surface area contributed by atoms with Gasteiger partial charge in [0.25, 0.3) is 5.82 Å². The Bertz CT molecular complexity index is 701. The number of carboxylic acids is 1. The number of nitrogens with zero attached hydrogens (tertiary/aromatic N) is 2. The molecule has 3 aromatic rings. The van der Waals surface area contributed by atoms with Gasteiger partial charge in [0.05, 0.1) is 0 Å². The highest BCUT2D eigenvalue weighted by Crippen LogP contribution is 2.25. The van der Waals surface area contributed by atoms with Crippen molar-refractivity contribution in [2.45, 2.75) is 0 Å².